The van der Waals surface area contributed by atoms with E-state index in [2.05, 4.69) is 65.3 Å². The number of hydrogen-bond acceptors (Lipinski definition) is 0. The van der Waals surface area contributed by atoms with Gasteiger partial charge in [0.2, 0.25) is 0 Å². The summed E-state index contributed by atoms with van der Waals surface area (Å²) in [4.78, 5) is 0. The van der Waals surface area contributed by atoms with Crippen molar-refractivity contribution in [1.29, 1.82) is 0 Å². The molecule has 2 heteroatoms. The summed E-state index contributed by atoms with van der Waals surface area (Å²) >= 11 is 6.47. The number of rotatable bonds is 1. The molecule has 1 aromatic carbocycles. The van der Waals surface area contributed by atoms with Crippen LogP contribution in [0.25, 0.3) is 0 Å². The molecule has 1 aromatic rings. The Morgan fingerprint density at radius 1 is 1.06 bits per heavy atom. The highest BCUT2D eigenvalue weighted by molar-refractivity contribution is 7.93. The summed E-state index contributed by atoms with van der Waals surface area (Å²) in [6.45, 7) is 12.7. The molecule has 0 aliphatic carbocycles. The summed E-state index contributed by atoms with van der Waals surface area (Å²) in [6, 6.07) is 4.36. The van der Waals surface area contributed by atoms with E-state index in [1.807, 2.05) is 0 Å². The fourth-order valence-corrected chi connectivity index (χ4v) is 3.98. The lowest BCUT2D eigenvalue weighted by molar-refractivity contribution is 0.571. The Bertz CT molecular complexity index is 449. The maximum atomic E-state index is 6.47. The Morgan fingerprint density at radius 3 is 1.94 bits per heavy atom. The SMILES string of the molecule is Cc1cc(C)c(P(Cl)C#CC(C)(C)C)c(C)c1. The smallest absolute Gasteiger partial charge is 0.0911 e. The number of hydrogen-bond donors (Lipinski definition) is 0. The highest BCUT2D eigenvalue weighted by Gasteiger charge is 2.13. The van der Waals surface area contributed by atoms with Gasteiger partial charge in [-0.15, -0.1) is 0 Å². The van der Waals surface area contributed by atoms with E-state index in [1.54, 1.807) is 0 Å². The van der Waals surface area contributed by atoms with Crippen molar-refractivity contribution in [2.75, 3.05) is 0 Å². The van der Waals surface area contributed by atoms with E-state index in [0.717, 1.165) is 0 Å². The van der Waals surface area contributed by atoms with E-state index >= 15 is 0 Å². The standard InChI is InChI=1S/C15H20ClP/c1-11-9-12(2)14(13(3)10-11)17(16)8-7-15(4,5)6/h9-10H,1-6H3. The largest absolute Gasteiger partial charge is 0.0993 e. The first-order valence-electron chi connectivity index (χ1n) is 5.77. The van der Waals surface area contributed by atoms with Crippen LogP contribution in [-0.2, 0) is 0 Å². The highest BCUT2D eigenvalue weighted by Crippen LogP contribution is 2.41. The average Bonchev–Trinajstić information content (AvgIpc) is 2.11. The summed E-state index contributed by atoms with van der Waals surface area (Å²) in [5.74, 6) is 3.24. The molecule has 0 saturated carbocycles. The molecule has 0 aliphatic rings. The summed E-state index contributed by atoms with van der Waals surface area (Å²) in [7, 11) is -0.883. The number of aryl methyl sites for hydroxylation is 3. The van der Waals surface area contributed by atoms with Crippen LogP contribution < -0.4 is 5.30 Å². The average molecular weight is 267 g/mol. The molecule has 0 N–H and O–H groups in total. The molecule has 0 aliphatic heterocycles. The minimum absolute atomic E-state index is 0.0159. The number of halogens is 1. The Hall–Kier alpha value is -0.500. The topological polar surface area (TPSA) is 0 Å². The van der Waals surface area contributed by atoms with Gasteiger partial charge >= 0.3 is 0 Å². The lowest BCUT2D eigenvalue weighted by Crippen LogP contribution is -2.08. The molecule has 1 rings (SSSR count). The van der Waals surface area contributed by atoms with Crippen LogP contribution >= 0.6 is 18.5 Å². The molecular formula is C15H20ClP. The summed E-state index contributed by atoms with van der Waals surface area (Å²) in [6.07, 6.45) is 0. The minimum atomic E-state index is -0.883. The lowest BCUT2D eigenvalue weighted by atomic mass is 9.99. The second-order valence-corrected chi connectivity index (χ2v) is 7.76. The van der Waals surface area contributed by atoms with Gasteiger partial charge in [0, 0.05) is 10.7 Å². The van der Waals surface area contributed by atoms with Crippen LogP contribution in [0.2, 0.25) is 0 Å². The Labute approximate surface area is 111 Å². The second kappa shape index (κ2) is 5.43. The van der Waals surface area contributed by atoms with E-state index in [0.29, 0.717) is 0 Å². The van der Waals surface area contributed by atoms with Gasteiger partial charge in [0.25, 0.3) is 0 Å². The first-order chi connectivity index (χ1) is 7.70. The van der Waals surface area contributed by atoms with Crippen molar-refractivity contribution in [3.63, 3.8) is 0 Å². The molecule has 0 saturated heterocycles. The third kappa shape index (κ3) is 4.34. The van der Waals surface area contributed by atoms with Gasteiger partial charge in [-0.25, -0.2) is 0 Å². The van der Waals surface area contributed by atoms with Crippen molar-refractivity contribution in [3.8, 4) is 11.6 Å². The van der Waals surface area contributed by atoms with Crippen molar-refractivity contribution in [1.82, 2.24) is 0 Å². The summed E-state index contributed by atoms with van der Waals surface area (Å²) in [5, 5.41) is 1.23. The van der Waals surface area contributed by atoms with Crippen molar-refractivity contribution >= 4 is 23.8 Å². The molecule has 0 aromatic heterocycles. The molecule has 0 bridgehead atoms. The molecular weight excluding hydrogens is 247 g/mol. The third-order valence-electron chi connectivity index (χ3n) is 2.36. The third-order valence-corrected chi connectivity index (χ3v) is 4.53. The van der Waals surface area contributed by atoms with E-state index in [9.17, 15) is 0 Å². The van der Waals surface area contributed by atoms with Crippen LogP contribution in [0.4, 0.5) is 0 Å². The quantitative estimate of drug-likeness (QED) is 0.502. The van der Waals surface area contributed by atoms with Crippen molar-refractivity contribution in [3.05, 3.63) is 28.8 Å². The second-order valence-electron chi connectivity index (χ2n) is 5.51. The van der Waals surface area contributed by atoms with Crippen molar-refractivity contribution in [2.45, 2.75) is 41.5 Å². The summed E-state index contributed by atoms with van der Waals surface area (Å²) < 4.78 is 0. The van der Waals surface area contributed by atoms with Crippen LogP contribution in [-0.4, -0.2) is 0 Å². The van der Waals surface area contributed by atoms with Crippen molar-refractivity contribution < 1.29 is 0 Å². The van der Waals surface area contributed by atoms with Crippen LogP contribution in [0.5, 0.6) is 0 Å². The fraction of sp³-hybridized carbons (Fsp3) is 0.467. The van der Waals surface area contributed by atoms with Gasteiger partial charge in [0.15, 0.2) is 0 Å². The Balaban J connectivity index is 3.12. The fourth-order valence-electron chi connectivity index (χ4n) is 1.75. The summed E-state index contributed by atoms with van der Waals surface area (Å²) in [5.41, 5.74) is 7.03. The van der Waals surface area contributed by atoms with Crippen LogP contribution in [0, 0.1) is 37.8 Å². The molecule has 0 nitrogen and oxygen atoms in total. The first-order valence-corrected chi connectivity index (χ1v) is 8.02. The predicted octanol–water partition coefficient (Wildman–Crippen LogP) is 4.88. The van der Waals surface area contributed by atoms with Gasteiger partial charge in [0.1, 0.15) is 0 Å². The first kappa shape index (κ1) is 14.6. The van der Waals surface area contributed by atoms with E-state index in [-0.39, 0.29) is 5.41 Å². The molecule has 0 spiro atoms. The van der Waals surface area contributed by atoms with Crippen LogP contribution in [0.3, 0.4) is 0 Å². The van der Waals surface area contributed by atoms with Crippen molar-refractivity contribution in [2.24, 2.45) is 5.41 Å². The van der Waals surface area contributed by atoms with Crippen LogP contribution in [0.15, 0.2) is 12.1 Å². The predicted molar refractivity (Wildman–Crippen MR) is 80.3 cm³/mol. The van der Waals surface area contributed by atoms with Gasteiger partial charge in [-0.3, -0.25) is 0 Å². The van der Waals surface area contributed by atoms with Gasteiger partial charge in [0.05, 0.1) is 7.27 Å². The zero-order valence-electron chi connectivity index (χ0n) is 11.5. The Kier molecular flexibility index (Phi) is 4.65. The maximum Gasteiger partial charge on any atom is 0.0993 e. The van der Waals surface area contributed by atoms with E-state index in [1.165, 1.54) is 22.0 Å². The molecule has 1 atom stereocenters. The minimum Gasteiger partial charge on any atom is -0.0911 e. The zero-order valence-corrected chi connectivity index (χ0v) is 13.1. The molecule has 0 radical (unpaired) electrons. The van der Waals surface area contributed by atoms with Crippen LogP contribution in [0.1, 0.15) is 37.5 Å². The molecule has 0 fully saturated rings. The highest BCUT2D eigenvalue weighted by atomic mass is 35.7. The van der Waals surface area contributed by atoms with E-state index < -0.39 is 7.27 Å². The zero-order chi connectivity index (χ0) is 13.2. The normalized spacial score (nSPS) is 12.9. The van der Waals surface area contributed by atoms with Gasteiger partial charge in [-0.05, 0) is 52.7 Å². The number of benzene rings is 1. The molecule has 0 heterocycles. The van der Waals surface area contributed by atoms with Gasteiger partial charge in [-0.2, -0.15) is 0 Å². The molecule has 0 amide bonds. The Morgan fingerprint density at radius 2 is 1.53 bits per heavy atom. The maximum absolute atomic E-state index is 6.47. The van der Waals surface area contributed by atoms with Gasteiger partial charge < -0.3 is 0 Å². The molecule has 92 valence electrons. The van der Waals surface area contributed by atoms with Gasteiger partial charge in [-0.1, -0.05) is 40.5 Å². The molecule has 1 unspecified atom stereocenters. The van der Waals surface area contributed by atoms with E-state index in [4.69, 9.17) is 11.2 Å². The monoisotopic (exact) mass is 266 g/mol. The molecule has 17 heavy (non-hydrogen) atoms. The lowest BCUT2D eigenvalue weighted by Gasteiger charge is -2.13.